The van der Waals surface area contributed by atoms with Crippen LogP contribution in [0.25, 0.3) is 34.2 Å². The Labute approximate surface area is 418 Å². The monoisotopic (exact) mass is 960 g/mol. The van der Waals surface area contributed by atoms with E-state index >= 15 is 0 Å². The summed E-state index contributed by atoms with van der Waals surface area (Å²) in [5, 5.41) is 41.0. The predicted molar refractivity (Wildman–Crippen MR) is 244 cm³/mol. The Hall–Kier alpha value is -4.41. The average molecular weight is 961 g/mol. The third-order valence-electron chi connectivity index (χ3n) is 10.5. The summed E-state index contributed by atoms with van der Waals surface area (Å²) in [7, 11) is -7.69. The van der Waals surface area contributed by atoms with Gasteiger partial charge in [-0.25, -0.2) is 18.7 Å². The fourth-order valence-electron chi connectivity index (χ4n) is 7.56. The number of aliphatic hydroxyl groups is 2. The van der Waals surface area contributed by atoms with Crippen LogP contribution >= 0.6 is 14.7 Å². The maximum absolute atomic E-state index is 13.6. The summed E-state index contributed by atoms with van der Waals surface area (Å²) < 4.78 is 56.4. The first kappa shape index (κ1) is 57.9. The van der Waals surface area contributed by atoms with Crippen LogP contribution in [0.5, 0.6) is 0 Å². The molecule has 0 saturated heterocycles. The third kappa shape index (κ3) is 16.4. The van der Waals surface area contributed by atoms with E-state index < -0.39 is 64.0 Å². The minimum Gasteiger partial charge on any atom is -0.550 e. The smallest absolute Gasteiger partial charge is 0.550 e. The summed E-state index contributed by atoms with van der Waals surface area (Å²) >= 11 is 0. The molecule has 20 heteroatoms. The summed E-state index contributed by atoms with van der Waals surface area (Å²) in [5.41, 5.74) is 5.90. The minimum absolute atomic E-state index is 0. The molecular weight excluding hydrogens is 906 g/mol. The molecule has 0 amide bonds. The van der Waals surface area contributed by atoms with Crippen molar-refractivity contribution in [2.24, 2.45) is 0 Å². The first-order valence-electron chi connectivity index (χ1n) is 21.4. The normalized spacial score (nSPS) is 13.8. The Kier molecular flexibility index (Phi) is 22.1. The van der Waals surface area contributed by atoms with Crippen molar-refractivity contribution in [2.75, 3.05) is 24.6 Å². The van der Waals surface area contributed by atoms with Crippen molar-refractivity contribution in [3.63, 3.8) is 0 Å². The Morgan fingerprint density at radius 3 is 1.16 bits per heavy atom. The molecule has 6 aromatic rings. The van der Waals surface area contributed by atoms with Crippen LogP contribution in [0.3, 0.4) is 0 Å². The predicted octanol–water partition coefficient (Wildman–Crippen LogP) is 0.239. The van der Waals surface area contributed by atoms with Gasteiger partial charge in [-0.3, -0.25) is 18.3 Å². The standard InChI is InChI=1S/2C24H28FN2O5P.2Li/c2*1-16(2)23-21(12-13-33(31,32)15-20(28)14-22(29)30)27(19-10-8-18(25)9-11-19)24(26-23)17-6-4-3-5-7-17;;/h2*3-11,16,20,28H,12-15H2,1-2H3,(H,29,30)(H,31,32);;/q;;2*+1/p-2/t2*20-;;/m00../s1. The fraction of sp³-hybridized carbons (Fsp3) is 0.333. The molecule has 2 unspecified atom stereocenters. The third-order valence-corrected chi connectivity index (χ3v) is 14.4. The van der Waals surface area contributed by atoms with Crippen molar-refractivity contribution in [2.45, 2.75) is 77.4 Å². The second-order valence-electron chi connectivity index (χ2n) is 16.7. The molecule has 0 aliphatic carbocycles. The number of carbonyl (C=O) groups is 2. The van der Waals surface area contributed by atoms with Crippen LogP contribution in [-0.4, -0.2) is 87.9 Å². The van der Waals surface area contributed by atoms with E-state index in [9.17, 15) is 57.7 Å². The van der Waals surface area contributed by atoms with E-state index in [-0.39, 0.29) is 86.4 Å². The Morgan fingerprint density at radius 1 is 0.574 bits per heavy atom. The zero-order valence-electron chi connectivity index (χ0n) is 39.0. The van der Waals surface area contributed by atoms with Gasteiger partial charge in [-0.05, 0) is 73.2 Å². The number of aliphatic hydroxyl groups excluding tert-OH is 2. The van der Waals surface area contributed by atoms with Gasteiger partial charge in [0.15, 0.2) is 0 Å². The molecule has 352 valence electrons. The van der Waals surface area contributed by atoms with Crippen molar-refractivity contribution in [1.29, 1.82) is 0 Å². The Balaban J connectivity index is 0.000000350. The molecule has 0 radical (unpaired) electrons. The number of carboxylic acids is 2. The molecule has 0 aliphatic heterocycles. The molecule has 0 bridgehead atoms. The SMILES string of the molecule is CC(C)c1nc(-c2ccccc2)n(-c2ccc(F)cc2)c1CCP(=O)(O)C[C@@H](O)CC(=O)[O-].CC(C)c1nc(-c2ccccc2)n(-c2ccc(F)cc2)c1CCP(=O)(O)C[C@@H](O)CC(=O)[O-].[Li+].[Li+]. The number of aliphatic carboxylic acids is 2. The van der Waals surface area contributed by atoms with Crippen LogP contribution < -0.4 is 47.9 Å². The molecule has 14 nitrogen and oxygen atoms in total. The van der Waals surface area contributed by atoms with Crippen LogP contribution in [0.15, 0.2) is 109 Å². The van der Waals surface area contributed by atoms with Gasteiger partial charge in [-0.15, -0.1) is 0 Å². The molecule has 4 N–H and O–H groups in total. The molecule has 2 aromatic heterocycles. The summed E-state index contributed by atoms with van der Waals surface area (Å²) in [5.74, 6) is -2.45. The van der Waals surface area contributed by atoms with Gasteiger partial charge in [0.05, 0.1) is 35.9 Å². The minimum atomic E-state index is -3.84. The van der Waals surface area contributed by atoms with E-state index in [1.54, 1.807) is 24.3 Å². The number of hydrogen-bond donors (Lipinski definition) is 4. The number of imidazole rings is 2. The number of aromatic nitrogens is 4. The average Bonchev–Trinajstić information content (AvgIpc) is 3.83. The van der Waals surface area contributed by atoms with E-state index in [0.29, 0.717) is 34.4 Å². The van der Waals surface area contributed by atoms with E-state index in [2.05, 4.69) is 0 Å². The summed E-state index contributed by atoms with van der Waals surface area (Å²) in [6, 6.07) is 30.8. The molecule has 0 saturated carbocycles. The molecule has 4 aromatic carbocycles. The number of carboxylic acid groups (broad SMARTS) is 2. The van der Waals surface area contributed by atoms with E-state index in [1.165, 1.54) is 24.3 Å². The molecule has 6 rings (SSSR count). The molecular formula is C48H54F2Li2N4O10P2. The second kappa shape index (κ2) is 26.0. The van der Waals surface area contributed by atoms with Crippen molar-refractivity contribution in [1.82, 2.24) is 19.1 Å². The summed E-state index contributed by atoms with van der Waals surface area (Å²) in [4.78, 5) is 51.9. The number of benzene rings is 4. The molecule has 68 heavy (non-hydrogen) atoms. The van der Waals surface area contributed by atoms with E-state index in [0.717, 1.165) is 22.5 Å². The van der Waals surface area contributed by atoms with Gasteiger partial charge in [-0.1, -0.05) is 88.4 Å². The summed E-state index contributed by atoms with van der Waals surface area (Å²) in [6.45, 7) is 7.88. The van der Waals surface area contributed by atoms with Crippen LogP contribution in [-0.2, 0) is 31.6 Å². The quantitative estimate of drug-likeness (QED) is 0.0596. The van der Waals surface area contributed by atoms with Gasteiger partial charge in [-0.2, -0.15) is 0 Å². The molecule has 2 heterocycles. The van der Waals surface area contributed by atoms with Crippen LogP contribution in [0.2, 0.25) is 0 Å². The molecule has 0 fully saturated rings. The second-order valence-corrected chi connectivity index (χ2v) is 21.7. The first-order chi connectivity index (χ1) is 31.1. The first-order valence-corrected chi connectivity index (χ1v) is 25.4. The largest absolute Gasteiger partial charge is 1.00 e. The van der Waals surface area contributed by atoms with Gasteiger partial charge < -0.3 is 39.8 Å². The number of carbonyl (C=O) groups excluding carboxylic acids is 2. The molecule has 0 spiro atoms. The van der Waals surface area contributed by atoms with Crippen LogP contribution in [0, 0.1) is 11.6 Å². The number of nitrogens with zero attached hydrogens (tertiary/aromatic N) is 4. The van der Waals surface area contributed by atoms with Gasteiger partial charge in [0.25, 0.3) is 0 Å². The zero-order valence-corrected chi connectivity index (χ0v) is 40.8. The Morgan fingerprint density at radius 2 is 0.882 bits per heavy atom. The fourth-order valence-corrected chi connectivity index (χ4v) is 10.6. The van der Waals surface area contributed by atoms with Crippen molar-refractivity contribution < 1.29 is 95.4 Å². The van der Waals surface area contributed by atoms with Crippen molar-refractivity contribution >= 4 is 26.7 Å². The van der Waals surface area contributed by atoms with Gasteiger partial charge in [0.2, 0.25) is 14.7 Å². The van der Waals surface area contributed by atoms with E-state index in [1.807, 2.05) is 97.5 Å². The zero-order chi connectivity index (χ0) is 48.3. The van der Waals surface area contributed by atoms with Gasteiger partial charge in [0, 0.05) is 71.0 Å². The number of halogens is 2. The summed E-state index contributed by atoms with van der Waals surface area (Å²) in [6.07, 6.45) is -5.40. The van der Waals surface area contributed by atoms with Gasteiger partial charge >= 0.3 is 37.7 Å². The van der Waals surface area contributed by atoms with Gasteiger partial charge in [0.1, 0.15) is 23.3 Å². The van der Waals surface area contributed by atoms with Crippen LogP contribution in [0.4, 0.5) is 8.78 Å². The Bertz CT molecular complexity index is 2490. The molecule has 0 aliphatic rings. The van der Waals surface area contributed by atoms with Crippen LogP contribution in [0.1, 0.15) is 75.1 Å². The maximum Gasteiger partial charge on any atom is 1.00 e. The van der Waals surface area contributed by atoms with Crippen molar-refractivity contribution in [3.05, 3.63) is 144 Å². The maximum atomic E-state index is 13.6. The topological polar surface area (TPSA) is 231 Å². The van der Waals surface area contributed by atoms with E-state index in [4.69, 9.17) is 9.97 Å². The molecule has 4 atom stereocenters. The number of hydrogen-bond acceptors (Lipinski definition) is 10. The number of rotatable bonds is 20. The van der Waals surface area contributed by atoms with Crippen molar-refractivity contribution in [3.8, 4) is 34.2 Å².